The summed E-state index contributed by atoms with van der Waals surface area (Å²) in [6.45, 7) is 8.34. The summed E-state index contributed by atoms with van der Waals surface area (Å²) in [6.07, 6.45) is 5.21. The molecular weight excluding hydrogens is 406 g/mol. The second-order valence-electron chi connectivity index (χ2n) is 9.07. The highest BCUT2D eigenvalue weighted by Crippen LogP contribution is 2.33. The number of carbonyl (C=O) groups is 3. The molecular formula is C25H35N3O4. The quantitative estimate of drug-likeness (QED) is 0.597. The van der Waals surface area contributed by atoms with Gasteiger partial charge in [0.25, 0.3) is 0 Å². The van der Waals surface area contributed by atoms with Gasteiger partial charge in [-0.25, -0.2) is 9.59 Å². The minimum atomic E-state index is -0.642. The van der Waals surface area contributed by atoms with Crippen LogP contribution in [-0.2, 0) is 14.3 Å². The van der Waals surface area contributed by atoms with Crippen LogP contribution in [0.25, 0.3) is 0 Å². The van der Waals surface area contributed by atoms with Crippen LogP contribution in [0.15, 0.2) is 35.5 Å². The van der Waals surface area contributed by atoms with Gasteiger partial charge in [-0.1, -0.05) is 45.2 Å². The molecule has 7 heteroatoms. The summed E-state index contributed by atoms with van der Waals surface area (Å²) in [6, 6.07) is 6.45. The molecule has 32 heavy (non-hydrogen) atoms. The summed E-state index contributed by atoms with van der Waals surface area (Å²) in [5, 5.41) is 5.97. The van der Waals surface area contributed by atoms with Gasteiger partial charge < -0.3 is 15.4 Å². The molecule has 0 aromatic heterocycles. The van der Waals surface area contributed by atoms with Crippen LogP contribution in [-0.4, -0.2) is 36.0 Å². The van der Waals surface area contributed by atoms with Gasteiger partial charge >= 0.3 is 12.0 Å². The maximum atomic E-state index is 13.0. The average Bonchev–Trinajstić information content (AvgIpc) is 2.78. The molecule has 1 aliphatic heterocycles. The molecule has 0 radical (unpaired) electrons. The fraction of sp³-hybridized carbons (Fsp3) is 0.560. The number of amides is 3. The fourth-order valence-corrected chi connectivity index (χ4v) is 4.40. The summed E-state index contributed by atoms with van der Waals surface area (Å²) in [5.41, 5.74) is 2.40. The van der Waals surface area contributed by atoms with Gasteiger partial charge in [0.05, 0.1) is 18.2 Å². The third kappa shape index (κ3) is 5.50. The largest absolute Gasteiger partial charge is 0.462 e. The normalized spacial score (nSPS) is 19.7. The molecule has 1 atom stereocenters. The van der Waals surface area contributed by atoms with E-state index in [1.807, 2.05) is 45.0 Å². The molecule has 1 unspecified atom stereocenters. The molecule has 1 aromatic carbocycles. The van der Waals surface area contributed by atoms with Crippen molar-refractivity contribution < 1.29 is 19.1 Å². The Morgan fingerprint density at radius 1 is 1.22 bits per heavy atom. The average molecular weight is 442 g/mol. The second kappa shape index (κ2) is 10.7. The van der Waals surface area contributed by atoms with Crippen molar-refractivity contribution in [2.75, 3.05) is 18.5 Å². The number of hydrogen-bond acceptors (Lipinski definition) is 4. The van der Waals surface area contributed by atoms with Crippen LogP contribution in [0.2, 0.25) is 0 Å². The Labute approximate surface area is 190 Å². The van der Waals surface area contributed by atoms with Crippen LogP contribution in [0.5, 0.6) is 0 Å². The molecule has 3 amide bonds. The molecule has 174 valence electrons. The second-order valence-corrected chi connectivity index (χ2v) is 9.07. The number of ether oxygens (including phenoxy) is 1. The van der Waals surface area contributed by atoms with E-state index in [1.165, 1.54) is 11.3 Å². The third-order valence-corrected chi connectivity index (χ3v) is 6.14. The SMILES string of the molecule is CCN1C(=O)NC(c2cccc(NC(=O)C3CCCCC3)c2)C(C(=O)OCC(C)C)=C1C. The molecule has 0 bridgehead atoms. The molecule has 1 aliphatic carbocycles. The lowest BCUT2D eigenvalue weighted by Gasteiger charge is -2.35. The highest BCUT2D eigenvalue weighted by Gasteiger charge is 2.36. The van der Waals surface area contributed by atoms with Crippen molar-refractivity contribution in [3.63, 3.8) is 0 Å². The first-order valence-corrected chi connectivity index (χ1v) is 11.7. The standard InChI is InChI=1S/C25H35N3O4/c1-5-28-17(4)21(24(30)32-15-16(2)3)22(27-25(28)31)19-12-9-13-20(14-19)26-23(29)18-10-7-6-8-11-18/h9,12-14,16,18,22H,5-8,10-11,15H2,1-4H3,(H,26,29)(H,27,31). The molecule has 1 saturated carbocycles. The number of carbonyl (C=O) groups excluding carboxylic acids is 3. The zero-order chi connectivity index (χ0) is 23.3. The van der Waals surface area contributed by atoms with E-state index < -0.39 is 12.0 Å². The van der Waals surface area contributed by atoms with E-state index in [4.69, 9.17) is 4.74 Å². The van der Waals surface area contributed by atoms with Crippen molar-refractivity contribution in [2.24, 2.45) is 11.8 Å². The minimum absolute atomic E-state index is 0.0370. The molecule has 1 heterocycles. The maximum Gasteiger partial charge on any atom is 0.338 e. The summed E-state index contributed by atoms with van der Waals surface area (Å²) >= 11 is 0. The summed E-state index contributed by atoms with van der Waals surface area (Å²) in [5.74, 6) is -0.146. The number of allylic oxidation sites excluding steroid dienone is 1. The minimum Gasteiger partial charge on any atom is -0.462 e. The zero-order valence-corrected chi connectivity index (χ0v) is 19.6. The van der Waals surface area contributed by atoms with Gasteiger partial charge in [0.2, 0.25) is 5.91 Å². The Hall–Kier alpha value is -2.83. The predicted octanol–water partition coefficient (Wildman–Crippen LogP) is 4.76. The van der Waals surface area contributed by atoms with Crippen LogP contribution in [0.1, 0.15) is 71.4 Å². The molecule has 0 spiro atoms. The third-order valence-electron chi connectivity index (χ3n) is 6.14. The molecule has 1 aromatic rings. The number of esters is 1. The Morgan fingerprint density at radius 3 is 2.59 bits per heavy atom. The van der Waals surface area contributed by atoms with Crippen LogP contribution in [0, 0.1) is 11.8 Å². The van der Waals surface area contributed by atoms with Crippen molar-refractivity contribution in [3.05, 3.63) is 41.1 Å². The van der Waals surface area contributed by atoms with Gasteiger partial charge in [0.15, 0.2) is 0 Å². The van der Waals surface area contributed by atoms with E-state index >= 15 is 0 Å². The lowest BCUT2D eigenvalue weighted by Crippen LogP contribution is -2.48. The van der Waals surface area contributed by atoms with E-state index in [-0.39, 0.29) is 23.8 Å². The predicted molar refractivity (Wildman–Crippen MR) is 124 cm³/mol. The first kappa shape index (κ1) is 23.8. The lowest BCUT2D eigenvalue weighted by atomic mass is 9.88. The molecule has 7 nitrogen and oxygen atoms in total. The van der Waals surface area contributed by atoms with E-state index in [1.54, 1.807) is 6.92 Å². The molecule has 1 fully saturated rings. The lowest BCUT2D eigenvalue weighted by molar-refractivity contribution is -0.140. The van der Waals surface area contributed by atoms with Crippen LogP contribution in [0.4, 0.5) is 10.5 Å². The highest BCUT2D eigenvalue weighted by molar-refractivity contribution is 5.95. The van der Waals surface area contributed by atoms with Gasteiger partial charge in [-0.15, -0.1) is 0 Å². The van der Waals surface area contributed by atoms with E-state index in [9.17, 15) is 14.4 Å². The molecule has 3 rings (SSSR count). The van der Waals surface area contributed by atoms with E-state index in [0.717, 1.165) is 31.2 Å². The maximum absolute atomic E-state index is 13.0. The summed E-state index contributed by atoms with van der Waals surface area (Å²) < 4.78 is 5.52. The molecule has 2 N–H and O–H groups in total. The summed E-state index contributed by atoms with van der Waals surface area (Å²) in [7, 11) is 0. The zero-order valence-electron chi connectivity index (χ0n) is 19.6. The van der Waals surface area contributed by atoms with Crippen LogP contribution < -0.4 is 10.6 Å². The number of nitrogens with zero attached hydrogens (tertiary/aromatic N) is 1. The van der Waals surface area contributed by atoms with Gasteiger partial charge in [-0.2, -0.15) is 0 Å². The van der Waals surface area contributed by atoms with Crippen molar-refractivity contribution in [1.29, 1.82) is 0 Å². The first-order chi connectivity index (χ1) is 15.3. The number of hydrogen-bond donors (Lipinski definition) is 2. The van der Waals surface area contributed by atoms with Crippen molar-refractivity contribution in [2.45, 2.75) is 65.8 Å². The summed E-state index contributed by atoms with van der Waals surface area (Å²) in [4.78, 5) is 39.9. The number of urea groups is 1. The van der Waals surface area contributed by atoms with E-state index in [0.29, 0.717) is 30.1 Å². The Balaban J connectivity index is 1.87. The van der Waals surface area contributed by atoms with Gasteiger partial charge in [0.1, 0.15) is 0 Å². The van der Waals surface area contributed by atoms with Crippen LogP contribution >= 0.6 is 0 Å². The number of nitrogens with one attached hydrogen (secondary N) is 2. The van der Waals surface area contributed by atoms with Gasteiger partial charge in [0, 0.05) is 23.8 Å². The van der Waals surface area contributed by atoms with Crippen molar-refractivity contribution >= 4 is 23.6 Å². The fourth-order valence-electron chi connectivity index (χ4n) is 4.40. The smallest absolute Gasteiger partial charge is 0.338 e. The van der Waals surface area contributed by atoms with Crippen molar-refractivity contribution in [3.8, 4) is 0 Å². The molecule has 2 aliphatic rings. The molecule has 0 saturated heterocycles. The highest BCUT2D eigenvalue weighted by atomic mass is 16.5. The Bertz CT molecular complexity index is 887. The van der Waals surface area contributed by atoms with Gasteiger partial charge in [-0.3, -0.25) is 9.69 Å². The monoisotopic (exact) mass is 441 g/mol. The number of benzene rings is 1. The van der Waals surface area contributed by atoms with Crippen molar-refractivity contribution in [1.82, 2.24) is 10.2 Å². The van der Waals surface area contributed by atoms with Gasteiger partial charge in [-0.05, 0) is 50.3 Å². The number of rotatable bonds is 7. The topological polar surface area (TPSA) is 87.7 Å². The van der Waals surface area contributed by atoms with Crippen LogP contribution in [0.3, 0.4) is 0 Å². The first-order valence-electron chi connectivity index (χ1n) is 11.7. The number of anilines is 1. The Morgan fingerprint density at radius 2 is 1.94 bits per heavy atom. The van der Waals surface area contributed by atoms with E-state index in [2.05, 4.69) is 10.6 Å². The Kier molecular flexibility index (Phi) is 7.94.